The van der Waals surface area contributed by atoms with Crippen molar-refractivity contribution in [1.29, 1.82) is 0 Å². The summed E-state index contributed by atoms with van der Waals surface area (Å²) >= 11 is 1.62. The highest BCUT2D eigenvalue weighted by molar-refractivity contribution is 7.15. The number of nitrogens with one attached hydrogen (secondary N) is 2. The Morgan fingerprint density at radius 3 is 2.88 bits per heavy atom. The van der Waals surface area contributed by atoms with Crippen molar-refractivity contribution in [2.24, 2.45) is 5.92 Å². The zero-order chi connectivity index (χ0) is 17.6. The number of rotatable bonds is 8. The molecule has 0 bridgehead atoms. The molecule has 9 nitrogen and oxygen atoms in total. The molecule has 1 aliphatic rings. The third-order valence-electron chi connectivity index (χ3n) is 4.45. The Kier molecular flexibility index (Phi) is 5.92. The Morgan fingerprint density at radius 2 is 2.24 bits per heavy atom. The molecule has 0 radical (unpaired) electrons. The van der Waals surface area contributed by atoms with Gasteiger partial charge in [0.25, 0.3) is 0 Å². The Balaban J connectivity index is 1.78. The molecule has 136 valence electrons. The smallest absolute Gasteiger partial charge is 0.307 e. The van der Waals surface area contributed by atoms with E-state index in [4.69, 9.17) is 0 Å². The van der Waals surface area contributed by atoms with Crippen molar-refractivity contribution in [3.8, 4) is 0 Å². The van der Waals surface area contributed by atoms with Gasteiger partial charge in [-0.15, -0.1) is 21.5 Å². The van der Waals surface area contributed by atoms with Crippen molar-refractivity contribution < 1.29 is 9.90 Å². The second kappa shape index (κ2) is 8.34. The number of H-pyrrole nitrogens is 1. The lowest BCUT2D eigenvalue weighted by molar-refractivity contribution is -0.142. The molecule has 2 aromatic heterocycles. The van der Waals surface area contributed by atoms with Crippen LogP contribution < -0.4 is 10.2 Å². The third kappa shape index (κ3) is 4.31. The SMILES string of the molecule is CCC[C@H](C(=O)O)[C@H](Cc1cnc(N2CCNCC2)s1)c1nn[nH]n1. The van der Waals surface area contributed by atoms with Gasteiger partial charge < -0.3 is 15.3 Å². The fraction of sp³-hybridized carbons (Fsp3) is 0.667. The maximum absolute atomic E-state index is 11.8. The average Bonchev–Trinajstić information content (AvgIpc) is 3.30. The Bertz CT molecular complexity index is 669. The lowest BCUT2D eigenvalue weighted by Crippen LogP contribution is -2.43. The highest BCUT2D eigenvalue weighted by Gasteiger charge is 2.32. The van der Waals surface area contributed by atoms with Gasteiger partial charge in [0.1, 0.15) is 0 Å². The number of hydrogen-bond acceptors (Lipinski definition) is 8. The van der Waals surface area contributed by atoms with Crippen LogP contribution in [0.2, 0.25) is 0 Å². The van der Waals surface area contributed by atoms with Crippen LogP contribution in [-0.4, -0.2) is 62.9 Å². The summed E-state index contributed by atoms with van der Waals surface area (Å²) in [6.45, 7) is 5.78. The van der Waals surface area contributed by atoms with Gasteiger partial charge in [-0.3, -0.25) is 4.79 Å². The number of carboxylic acids is 1. The van der Waals surface area contributed by atoms with Crippen molar-refractivity contribution >= 4 is 22.4 Å². The van der Waals surface area contributed by atoms with Gasteiger partial charge >= 0.3 is 5.97 Å². The van der Waals surface area contributed by atoms with Crippen LogP contribution in [0.5, 0.6) is 0 Å². The van der Waals surface area contributed by atoms with Crippen LogP contribution in [0.15, 0.2) is 6.20 Å². The number of tetrazole rings is 1. The molecule has 3 rings (SSSR count). The van der Waals surface area contributed by atoms with Crippen LogP contribution in [0.25, 0.3) is 0 Å². The minimum atomic E-state index is -0.816. The number of carbonyl (C=O) groups is 1. The summed E-state index contributed by atoms with van der Waals surface area (Å²) in [7, 11) is 0. The second-order valence-corrected chi connectivity index (χ2v) is 7.25. The van der Waals surface area contributed by atoms with E-state index in [0.29, 0.717) is 18.7 Å². The number of thiazole rings is 1. The van der Waals surface area contributed by atoms with Crippen LogP contribution in [0.3, 0.4) is 0 Å². The minimum Gasteiger partial charge on any atom is -0.481 e. The number of anilines is 1. The van der Waals surface area contributed by atoms with E-state index in [-0.39, 0.29) is 5.92 Å². The molecular weight excluding hydrogens is 342 g/mol. The molecule has 1 aliphatic heterocycles. The average molecular weight is 365 g/mol. The van der Waals surface area contributed by atoms with E-state index in [9.17, 15) is 9.90 Å². The summed E-state index contributed by atoms with van der Waals surface area (Å²) in [6.07, 6.45) is 3.78. The Hall–Kier alpha value is -2.07. The predicted octanol–water partition coefficient (Wildman–Crippen LogP) is 0.893. The van der Waals surface area contributed by atoms with Gasteiger partial charge in [0.05, 0.1) is 5.92 Å². The molecule has 0 aliphatic carbocycles. The second-order valence-electron chi connectivity index (χ2n) is 6.16. The Labute approximate surface area is 149 Å². The summed E-state index contributed by atoms with van der Waals surface area (Å²) in [4.78, 5) is 19.6. The molecule has 10 heteroatoms. The molecule has 0 amide bonds. The van der Waals surface area contributed by atoms with Gasteiger partial charge in [0.2, 0.25) is 0 Å². The molecule has 0 saturated carbocycles. The molecule has 1 fully saturated rings. The summed E-state index contributed by atoms with van der Waals surface area (Å²) in [5.74, 6) is -1.21. The van der Waals surface area contributed by atoms with E-state index in [0.717, 1.165) is 42.6 Å². The van der Waals surface area contributed by atoms with E-state index in [1.807, 2.05) is 13.1 Å². The zero-order valence-electron chi connectivity index (χ0n) is 14.2. The molecule has 0 unspecified atom stereocenters. The summed E-state index contributed by atoms with van der Waals surface area (Å²) in [5.41, 5.74) is 0. The zero-order valence-corrected chi connectivity index (χ0v) is 15.0. The summed E-state index contributed by atoms with van der Waals surface area (Å²) in [6, 6.07) is 0. The third-order valence-corrected chi connectivity index (χ3v) is 5.53. The molecule has 25 heavy (non-hydrogen) atoms. The van der Waals surface area contributed by atoms with Crippen LogP contribution in [0.1, 0.15) is 36.4 Å². The maximum atomic E-state index is 11.8. The van der Waals surface area contributed by atoms with Crippen LogP contribution in [-0.2, 0) is 11.2 Å². The van der Waals surface area contributed by atoms with Crippen molar-refractivity contribution in [3.63, 3.8) is 0 Å². The standard InChI is InChI=1S/C15H23N7O2S/c1-2-3-11(14(23)24)12(13-18-20-21-19-13)8-10-9-17-15(25-10)22-6-4-16-5-7-22/h9,11-12,16H,2-8H2,1H3,(H,23,24)(H,18,19,20,21)/t11-,12-/m0/s1. The first kappa shape index (κ1) is 17.7. The van der Waals surface area contributed by atoms with Crippen molar-refractivity contribution in [2.75, 3.05) is 31.1 Å². The molecule has 0 aromatic carbocycles. The highest BCUT2D eigenvalue weighted by Crippen LogP contribution is 2.33. The molecule has 0 spiro atoms. The van der Waals surface area contributed by atoms with Gasteiger partial charge in [-0.25, -0.2) is 4.98 Å². The molecule has 2 atom stereocenters. The van der Waals surface area contributed by atoms with Crippen LogP contribution in [0, 0.1) is 5.92 Å². The van der Waals surface area contributed by atoms with Gasteiger partial charge in [-0.1, -0.05) is 18.6 Å². The van der Waals surface area contributed by atoms with Crippen molar-refractivity contribution in [1.82, 2.24) is 30.9 Å². The van der Waals surface area contributed by atoms with Gasteiger partial charge in [-0.05, 0) is 12.8 Å². The monoisotopic (exact) mass is 365 g/mol. The summed E-state index contributed by atoms with van der Waals surface area (Å²) in [5, 5.41) is 28.1. The Morgan fingerprint density at radius 1 is 1.44 bits per heavy atom. The predicted molar refractivity (Wildman–Crippen MR) is 93.9 cm³/mol. The van der Waals surface area contributed by atoms with E-state index in [2.05, 4.69) is 35.8 Å². The van der Waals surface area contributed by atoms with Crippen molar-refractivity contribution in [3.05, 3.63) is 16.9 Å². The van der Waals surface area contributed by atoms with E-state index in [1.54, 1.807) is 11.3 Å². The lowest BCUT2D eigenvalue weighted by atomic mass is 9.85. The quantitative estimate of drug-likeness (QED) is 0.631. The molecule has 2 aromatic rings. The molecular formula is C15H23N7O2S. The van der Waals surface area contributed by atoms with Gasteiger partial charge in [-0.2, -0.15) is 5.21 Å². The minimum absolute atomic E-state index is 0.312. The number of aliphatic carboxylic acids is 1. The number of piperazine rings is 1. The number of aromatic nitrogens is 5. The highest BCUT2D eigenvalue weighted by atomic mass is 32.1. The van der Waals surface area contributed by atoms with Crippen LogP contribution >= 0.6 is 11.3 Å². The first-order chi connectivity index (χ1) is 12.2. The van der Waals surface area contributed by atoms with Gasteiger partial charge in [0, 0.05) is 43.2 Å². The first-order valence-corrected chi connectivity index (χ1v) is 9.37. The number of hydrogen-bond donors (Lipinski definition) is 3. The maximum Gasteiger partial charge on any atom is 0.307 e. The molecule has 3 heterocycles. The number of nitrogens with zero attached hydrogens (tertiary/aromatic N) is 5. The van der Waals surface area contributed by atoms with Crippen molar-refractivity contribution in [2.45, 2.75) is 32.1 Å². The molecule has 3 N–H and O–H groups in total. The topological polar surface area (TPSA) is 120 Å². The van der Waals surface area contributed by atoms with Gasteiger partial charge in [0.15, 0.2) is 11.0 Å². The normalized spacial score (nSPS) is 17.4. The van der Waals surface area contributed by atoms with E-state index < -0.39 is 11.9 Å². The molecule has 1 saturated heterocycles. The largest absolute Gasteiger partial charge is 0.481 e. The fourth-order valence-corrected chi connectivity index (χ4v) is 4.18. The van der Waals surface area contributed by atoms with E-state index in [1.165, 1.54) is 0 Å². The van der Waals surface area contributed by atoms with E-state index >= 15 is 0 Å². The lowest BCUT2D eigenvalue weighted by Gasteiger charge is -2.26. The number of carboxylic acid groups (broad SMARTS) is 1. The summed E-state index contributed by atoms with van der Waals surface area (Å²) < 4.78 is 0. The van der Waals surface area contributed by atoms with Crippen LogP contribution in [0.4, 0.5) is 5.13 Å². The first-order valence-electron chi connectivity index (χ1n) is 8.55. The number of aromatic amines is 1. The fourth-order valence-electron chi connectivity index (χ4n) is 3.16.